The number of rotatable bonds is 6. The zero-order chi connectivity index (χ0) is 13.4. The van der Waals surface area contributed by atoms with Gasteiger partial charge in [-0.1, -0.05) is 0 Å². The molecule has 1 unspecified atom stereocenters. The first-order chi connectivity index (χ1) is 7.88. The summed E-state index contributed by atoms with van der Waals surface area (Å²) < 4.78 is 0. The summed E-state index contributed by atoms with van der Waals surface area (Å²) in [7, 11) is 1.47. The number of carbonyl (C=O) groups is 3. The van der Waals surface area contributed by atoms with E-state index in [1.807, 2.05) is 0 Å². The number of hydrogen-bond donors (Lipinski definition) is 3. The summed E-state index contributed by atoms with van der Waals surface area (Å²) in [6.07, 6.45) is -0.126. The first kappa shape index (κ1) is 15.2. The van der Waals surface area contributed by atoms with Gasteiger partial charge in [0.1, 0.15) is 6.04 Å². The van der Waals surface area contributed by atoms with Gasteiger partial charge in [0, 0.05) is 20.1 Å². The van der Waals surface area contributed by atoms with Gasteiger partial charge < -0.3 is 20.6 Å². The van der Waals surface area contributed by atoms with Gasteiger partial charge in [0.15, 0.2) is 0 Å². The van der Waals surface area contributed by atoms with Crippen molar-refractivity contribution in [2.45, 2.75) is 26.3 Å². The van der Waals surface area contributed by atoms with E-state index in [1.165, 1.54) is 11.9 Å². The van der Waals surface area contributed by atoms with Crippen LogP contribution in [0.2, 0.25) is 0 Å². The molecule has 0 aliphatic carbocycles. The normalized spacial score (nSPS) is 11.5. The summed E-state index contributed by atoms with van der Waals surface area (Å²) in [6.45, 7) is 3.94. The van der Waals surface area contributed by atoms with Gasteiger partial charge in [-0.05, 0) is 13.8 Å². The van der Waals surface area contributed by atoms with Crippen molar-refractivity contribution in [2.24, 2.45) is 0 Å². The predicted molar refractivity (Wildman–Crippen MR) is 61.6 cm³/mol. The quantitative estimate of drug-likeness (QED) is 0.594. The number of hydrogen-bond acceptors (Lipinski definition) is 3. The number of urea groups is 1. The summed E-state index contributed by atoms with van der Waals surface area (Å²) in [6, 6.07) is -1.11. The molecule has 0 bridgehead atoms. The average molecular weight is 245 g/mol. The van der Waals surface area contributed by atoms with Crippen molar-refractivity contribution >= 4 is 17.9 Å². The second kappa shape index (κ2) is 7.48. The third kappa shape index (κ3) is 6.39. The molecule has 0 rings (SSSR count). The van der Waals surface area contributed by atoms with E-state index < -0.39 is 18.0 Å². The highest BCUT2D eigenvalue weighted by molar-refractivity contribution is 5.86. The third-order valence-electron chi connectivity index (χ3n) is 2.09. The van der Waals surface area contributed by atoms with Crippen LogP contribution in [-0.4, -0.2) is 54.1 Å². The highest BCUT2D eigenvalue weighted by Crippen LogP contribution is 1.91. The minimum Gasteiger partial charge on any atom is -0.481 e. The molecule has 1 atom stereocenters. The standard InChI is InChI=1S/C10H19N3O4/c1-4-11-9(16)7(2)12-10(17)13(3)6-5-8(14)15/h7H,4-6H2,1-3H3,(H,11,16)(H,12,17)(H,14,15). The summed E-state index contributed by atoms with van der Waals surface area (Å²) in [5, 5.41) is 13.5. The van der Waals surface area contributed by atoms with Gasteiger partial charge in [0.05, 0.1) is 6.42 Å². The Morgan fingerprint density at radius 2 is 1.94 bits per heavy atom. The predicted octanol–water partition coefficient (Wildman–Crippen LogP) is -0.373. The SMILES string of the molecule is CCNC(=O)C(C)NC(=O)N(C)CCC(=O)O. The lowest BCUT2D eigenvalue weighted by Gasteiger charge is -2.20. The molecule has 0 radical (unpaired) electrons. The molecular weight excluding hydrogens is 226 g/mol. The van der Waals surface area contributed by atoms with E-state index in [0.29, 0.717) is 6.54 Å². The molecule has 3 amide bonds. The van der Waals surface area contributed by atoms with Crippen molar-refractivity contribution in [3.05, 3.63) is 0 Å². The van der Waals surface area contributed by atoms with E-state index in [0.717, 1.165) is 0 Å². The largest absolute Gasteiger partial charge is 0.481 e. The lowest BCUT2D eigenvalue weighted by molar-refractivity contribution is -0.137. The molecule has 0 spiro atoms. The smallest absolute Gasteiger partial charge is 0.317 e. The Morgan fingerprint density at radius 1 is 1.35 bits per heavy atom. The summed E-state index contributed by atoms with van der Waals surface area (Å²) in [5.74, 6) is -1.24. The summed E-state index contributed by atoms with van der Waals surface area (Å²) in [5.41, 5.74) is 0. The Hall–Kier alpha value is -1.79. The van der Waals surface area contributed by atoms with Gasteiger partial charge >= 0.3 is 12.0 Å². The van der Waals surface area contributed by atoms with Crippen LogP contribution < -0.4 is 10.6 Å². The first-order valence-electron chi connectivity index (χ1n) is 5.39. The Morgan fingerprint density at radius 3 is 2.41 bits per heavy atom. The van der Waals surface area contributed by atoms with Crippen LogP contribution in [-0.2, 0) is 9.59 Å². The average Bonchev–Trinajstić information content (AvgIpc) is 2.25. The number of carboxylic acid groups (broad SMARTS) is 1. The van der Waals surface area contributed by atoms with Crippen LogP contribution in [0.5, 0.6) is 0 Å². The summed E-state index contributed by atoms with van der Waals surface area (Å²) >= 11 is 0. The maximum absolute atomic E-state index is 11.5. The second-order valence-corrected chi connectivity index (χ2v) is 3.63. The first-order valence-corrected chi connectivity index (χ1v) is 5.39. The molecule has 0 aromatic heterocycles. The topological polar surface area (TPSA) is 98.7 Å². The molecule has 7 heteroatoms. The number of carbonyl (C=O) groups excluding carboxylic acids is 2. The van der Waals surface area contributed by atoms with Gasteiger partial charge in [0.2, 0.25) is 5.91 Å². The minimum atomic E-state index is -0.971. The maximum Gasteiger partial charge on any atom is 0.317 e. The fraction of sp³-hybridized carbons (Fsp3) is 0.700. The monoisotopic (exact) mass is 245 g/mol. The van der Waals surface area contributed by atoms with Crippen molar-refractivity contribution in [3.8, 4) is 0 Å². The molecule has 98 valence electrons. The molecule has 0 saturated carbocycles. The highest BCUT2D eigenvalue weighted by Gasteiger charge is 2.17. The van der Waals surface area contributed by atoms with Crippen LogP contribution in [0.1, 0.15) is 20.3 Å². The third-order valence-corrected chi connectivity index (χ3v) is 2.09. The van der Waals surface area contributed by atoms with Crippen LogP contribution in [0.4, 0.5) is 4.79 Å². The van der Waals surface area contributed by atoms with Gasteiger partial charge in [0.25, 0.3) is 0 Å². The lowest BCUT2D eigenvalue weighted by Crippen LogP contribution is -2.49. The Kier molecular flexibility index (Phi) is 6.69. The number of amides is 3. The van der Waals surface area contributed by atoms with Crippen molar-refractivity contribution in [2.75, 3.05) is 20.1 Å². The fourth-order valence-electron chi connectivity index (χ4n) is 1.05. The number of likely N-dealkylation sites (N-methyl/N-ethyl adjacent to an activating group) is 1. The summed E-state index contributed by atoms with van der Waals surface area (Å²) in [4.78, 5) is 34.4. The molecule has 0 saturated heterocycles. The fourth-order valence-corrected chi connectivity index (χ4v) is 1.05. The molecule has 7 nitrogen and oxygen atoms in total. The molecular formula is C10H19N3O4. The van der Waals surface area contributed by atoms with Gasteiger partial charge in [-0.3, -0.25) is 9.59 Å². The zero-order valence-corrected chi connectivity index (χ0v) is 10.3. The number of aliphatic carboxylic acids is 1. The number of nitrogens with zero attached hydrogens (tertiary/aromatic N) is 1. The Bertz CT molecular complexity index is 293. The Balaban J connectivity index is 4.06. The van der Waals surface area contributed by atoms with Crippen LogP contribution >= 0.6 is 0 Å². The minimum absolute atomic E-state index is 0.100. The van der Waals surface area contributed by atoms with E-state index in [9.17, 15) is 14.4 Å². The lowest BCUT2D eigenvalue weighted by atomic mass is 10.3. The Labute approximate surface area is 100 Å². The number of carboxylic acids is 1. The van der Waals surface area contributed by atoms with Gasteiger partial charge in [-0.2, -0.15) is 0 Å². The molecule has 0 aromatic carbocycles. The molecule has 3 N–H and O–H groups in total. The van der Waals surface area contributed by atoms with Crippen LogP contribution in [0.3, 0.4) is 0 Å². The van der Waals surface area contributed by atoms with E-state index in [1.54, 1.807) is 13.8 Å². The highest BCUT2D eigenvalue weighted by atomic mass is 16.4. The van der Waals surface area contributed by atoms with Gasteiger partial charge in [-0.15, -0.1) is 0 Å². The second-order valence-electron chi connectivity index (χ2n) is 3.63. The van der Waals surface area contributed by atoms with E-state index >= 15 is 0 Å². The van der Waals surface area contributed by atoms with E-state index in [2.05, 4.69) is 10.6 Å². The van der Waals surface area contributed by atoms with Crippen molar-refractivity contribution < 1.29 is 19.5 Å². The molecule has 0 heterocycles. The molecule has 0 aliphatic heterocycles. The van der Waals surface area contributed by atoms with E-state index in [4.69, 9.17) is 5.11 Å². The van der Waals surface area contributed by atoms with Crippen LogP contribution in [0.25, 0.3) is 0 Å². The molecule has 0 aliphatic rings. The maximum atomic E-state index is 11.5. The molecule has 0 fully saturated rings. The van der Waals surface area contributed by atoms with E-state index in [-0.39, 0.29) is 18.9 Å². The van der Waals surface area contributed by atoms with Crippen LogP contribution in [0.15, 0.2) is 0 Å². The van der Waals surface area contributed by atoms with Crippen molar-refractivity contribution in [1.82, 2.24) is 15.5 Å². The van der Waals surface area contributed by atoms with Crippen molar-refractivity contribution in [1.29, 1.82) is 0 Å². The molecule has 17 heavy (non-hydrogen) atoms. The van der Waals surface area contributed by atoms with Gasteiger partial charge in [-0.25, -0.2) is 4.79 Å². The molecule has 0 aromatic rings. The van der Waals surface area contributed by atoms with Crippen LogP contribution in [0, 0.1) is 0 Å². The van der Waals surface area contributed by atoms with Crippen molar-refractivity contribution in [3.63, 3.8) is 0 Å². The zero-order valence-electron chi connectivity index (χ0n) is 10.3. The number of nitrogens with one attached hydrogen (secondary N) is 2.